The number of thiazole rings is 1. The molecule has 0 fully saturated rings. The number of benzene rings is 3. The molecule has 2 aromatic heterocycles. The van der Waals surface area contributed by atoms with Gasteiger partial charge in [-0.05, 0) is 61.9 Å². The smallest absolute Gasteiger partial charge is 0.267 e. The topological polar surface area (TPSA) is 76.9 Å². The average molecular weight is 467 g/mol. The molecule has 0 aliphatic carbocycles. The van der Waals surface area contributed by atoms with E-state index < -0.39 is 0 Å². The summed E-state index contributed by atoms with van der Waals surface area (Å²) in [6, 6.07) is 24.7. The molecule has 1 N–H and O–H groups in total. The third kappa shape index (κ3) is 4.65. The van der Waals surface area contributed by atoms with Crippen LogP contribution in [0, 0.1) is 13.8 Å². The Morgan fingerprint density at radius 1 is 0.882 bits per heavy atom. The Morgan fingerprint density at radius 2 is 1.59 bits per heavy atom. The number of amides is 1. The van der Waals surface area contributed by atoms with Crippen LogP contribution in [0.25, 0.3) is 32.0 Å². The van der Waals surface area contributed by atoms with Crippen LogP contribution in [0.15, 0.2) is 83.7 Å². The number of fused-ring (bicyclic) bond motifs is 1. The summed E-state index contributed by atoms with van der Waals surface area (Å²) in [6.07, 6.45) is 0. The van der Waals surface area contributed by atoms with Gasteiger partial charge in [0.15, 0.2) is 0 Å². The molecule has 0 bridgehead atoms. The molecule has 0 aliphatic rings. The maximum Gasteiger partial charge on any atom is 0.267 e. The number of carbonyl (C=O) groups excluding carboxylic acids is 1. The Kier molecular flexibility index (Phi) is 5.77. The molecular formula is C27H22N4O2S. The molecule has 6 nitrogen and oxygen atoms in total. The van der Waals surface area contributed by atoms with Gasteiger partial charge in [-0.1, -0.05) is 35.9 Å². The second kappa shape index (κ2) is 9.03. The second-order valence-electron chi connectivity index (χ2n) is 8.20. The van der Waals surface area contributed by atoms with Gasteiger partial charge in [0.25, 0.3) is 5.56 Å². The largest absolute Gasteiger partial charge is 0.324 e. The average Bonchev–Trinajstić information content (AvgIpc) is 3.25. The number of aromatic nitrogens is 3. The molecule has 3 aromatic carbocycles. The Hall–Kier alpha value is -4.10. The van der Waals surface area contributed by atoms with Gasteiger partial charge in [-0.2, -0.15) is 5.10 Å². The number of hydrogen-bond acceptors (Lipinski definition) is 5. The van der Waals surface area contributed by atoms with Gasteiger partial charge in [-0.15, -0.1) is 11.3 Å². The number of anilines is 1. The van der Waals surface area contributed by atoms with Crippen molar-refractivity contribution in [1.82, 2.24) is 14.8 Å². The van der Waals surface area contributed by atoms with Crippen molar-refractivity contribution in [1.29, 1.82) is 0 Å². The molecule has 0 spiro atoms. The molecule has 0 radical (unpaired) electrons. The van der Waals surface area contributed by atoms with Crippen LogP contribution in [-0.2, 0) is 11.3 Å². The summed E-state index contributed by atoms with van der Waals surface area (Å²) in [5.74, 6) is -0.320. The predicted octanol–water partition coefficient (Wildman–Crippen LogP) is 5.44. The van der Waals surface area contributed by atoms with E-state index in [-0.39, 0.29) is 18.0 Å². The highest BCUT2D eigenvalue weighted by molar-refractivity contribution is 7.21. The highest BCUT2D eigenvalue weighted by Gasteiger charge is 2.10. The van der Waals surface area contributed by atoms with Crippen molar-refractivity contribution in [3.63, 3.8) is 0 Å². The van der Waals surface area contributed by atoms with Gasteiger partial charge in [-0.25, -0.2) is 9.67 Å². The van der Waals surface area contributed by atoms with E-state index in [1.165, 1.54) is 16.3 Å². The van der Waals surface area contributed by atoms with Crippen molar-refractivity contribution in [2.24, 2.45) is 0 Å². The fourth-order valence-corrected chi connectivity index (χ4v) is 4.70. The maximum atomic E-state index is 12.6. The molecule has 5 rings (SSSR count). The van der Waals surface area contributed by atoms with Crippen LogP contribution >= 0.6 is 11.3 Å². The van der Waals surface area contributed by atoms with Gasteiger partial charge in [0, 0.05) is 22.9 Å². The standard InChI is InChI=1S/C27H22N4O2S/c1-17-3-6-19(7-4-17)22-13-14-26(33)31(30-22)16-25(32)28-21-10-8-20(9-11-21)27-29-23-12-5-18(2)15-24(23)34-27/h3-15H,16H2,1-2H3,(H,28,32). The number of aryl methyl sites for hydroxylation is 2. The summed E-state index contributed by atoms with van der Waals surface area (Å²) in [5.41, 5.74) is 6.16. The van der Waals surface area contributed by atoms with E-state index in [0.29, 0.717) is 11.4 Å². The molecule has 1 amide bonds. The van der Waals surface area contributed by atoms with Crippen LogP contribution in [-0.4, -0.2) is 20.7 Å². The molecule has 0 saturated heterocycles. The van der Waals surface area contributed by atoms with Gasteiger partial charge in [-0.3, -0.25) is 9.59 Å². The van der Waals surface area contributed by atoms with Crippen LogP contribution in [0.2, 0.25) is 0 Å². The lowest BCUT2D eigenvalue weighted by Crippen LogP contribution is -2.29. The van der Waals surface area contributed by atoms with E-state index in [1.54, 1.807) is 17.4 Å². The number of nitrogens with zero attached hydrogens (tertiary/aromatic N) is 3. The van der Waals surface area contributed by atoms with Gasteiger partial charge >= 0.3 is 0 Å². The Balaban J connectivity index is 1.29. The van der Waals surface area contributed by atoms with Crippen molar-refractivity contribution in [3.05, 3.63) is 100 Å². The zero-order chi connectivity index (χ0) is 23.7. The lowest BCUT2D eigenvalue weighted by molar-refractivity contribution is -0.117. The number of nitrogens with one attached hydrogen (secondary N) is 1. The van der Waals surface area contributed by atoms with Crippen molar-refractivity contribution in [2.75, 3.05) is 5.32 Å². The zero-order valence-electron chi connectivity index (χ0n) is 18.8. The molecule has 2 heterocycles. The van der Waals surface area contributed by atoms with Crippen LogP contribution in [0.3, 0.4) is 0 Å². The summed E-state index contributed by atoms with van der Waals surface area (Å²) >= 11 is 1.64. The molecule has 0 atom stereocenters. The van der Waals surface area contributed by atoms with E-state index in [4.69, 9.17) is 4.98 Å². The third-order valence-corrected chi connectivity index (χ3v) is 6.53. The number of carbonyl (C=O) groups is 1. The molecule has 0 aliphatic heterocycles. The molecule has 168 valence electrons. The highest BCUT2D eigenvalue weighted by Crippen LogP contribution is 2.31. The second-order valence-corrected chi connectivity index (χ2v) is 9.23. The van der Waals surface area contributed by atoms with Gasteiger partial charge in [0.2, 0.25) is 5.91 Å². The summed E-state index contributed by atoms with van der Waals surface area (Å²) in [6.45, 7) is 3.91. The van der Waals surface area contributed by atoms with Crippen molar-refractivity contribution in [2.45, 2.75) is 20.4 Å². The van der Waals surface area contributed by atoms with Crippen LogP contribution in [0.4, 0.5) is 5.69 Å². The maximum absolute atomic E-state index is 12.6. The fourth-order valence-electron chi connectivity index (χ4n) is 3.63. The molecule has 34 heavy (non-hydrogen) atoms. The highest BCUT2D eigenvalue weighted by atomic mass is 32.1. The minimum Gasteiger partial charge on any atom is -0.324 e. The van der Waals surface area contributed by atoms with Crippen LogP contribution < -0.4 is 10.9 Å². The normalized spacial score (nSPS) is 11.0. The van der Waals surface area contributed by atoms with E-state index in [0.717, 1.165) is 31.9 Å². The Labute approximate surface area is 200 Å². The lowest BCUT2D eigenvalue weighted by atomic mass is 10.1. The molecule has 0 unspecified atom stereocenters. The minimum absolute atomic E-state index is 0.169. The van der Waals surface area contributed by atoms with E-state index in [9.17, 15) is 9.59 Å². The van der Waals surface area contributed by atoms with Crippen molar-refractivity contribution < 1.29 is 4.79 Å². The first kappa shape index (κ1) is 21.7. The van der Waals surface area contributed by atoms with E-state index in [2.05, 4.69) is 29.5 Å². The van der Waals surface area contributed by atoms with Crippen molar-refractivity contribution >= 4 is 33.1 Å². The van der Waals surface area contributed by atoms with Gasteiger partial charge in [0.05, 0.1) is 15.9 Å². The summed E-state index contributed by atoms with van der Waals surface area (Å²) in [4.78, 5) is 29.6. The van der Waals surface area contributed by atoms with Crippen molar-refractivity contribution in [3.8, 4) is 21.8 Å². The molecule has 0 saturated carbocycles. The van der Waals surface area contributed by atoms with Crippen LogP contribution in [0.1, 0.15) is 11.1 Å². The number of rotatable bonds is 5. The van der Waals surface area contributed by atoms with E-state index in [1.807, 2.05) is 61.5 Å². The minimum atomic E-state index is -0.326. The van der Waals surface area contributed by atoms with E-state index >= 15 is 0 Å². The van der Waals surface area contributed by atoms with Gasteiger partial charge < -0.3 is 5.32 Å². The first-order valence-corrected chi connectivity index (χ1v) is 11.7. The third-order valence-electron chi connectivity index (χ3n) is 5.47. The summed E-state index contributed by atoms with van der Waals surface area (Å²) < 4.78 is 2.33. The first-order valence-electron chi connectivity index (χ1n) is 10.9. The fraction of sp³-hybridized carbons (Fsp3) is 0.111. The number of hydrogen-bond donors (Lipinski definition) is 1. The van der Waals surface area contributed by atoms with Crippen LogP contribution in [0.5, 0.6) is 0 Å². The summed E-state index contributed by atoms with van der Waals surface area (Å²) in [5, 5.41) is 8.14. The molecular weight excluding hydrogens is 444 g/mol. The quantitative estimate of drug-likeness (QED) is 0.374. The van der Waals surface area contributed by atoms with Gasteiger partial charge in [0.1, 0.15) is 11.6 Å². The SMILES string of the molecule is Cc1ccc(-c2ccc(=O)n(CC(=O)Nc3ccc(-c4nc5ccc(C)cc5s4)cc3)n2)cc1. The zero-order valence-corrected chi connectivity index (χ0v) is 19.6. The summed E-state index contributed by atoms with van der Waals surface area (Å²) in [7, 11) is 0. The predicted molar refractivity (Wildman–Crippen MR) is 137 cm³/mol. The first-order chi connectivity index (χ1) is 16.4. The Morgan fingerprint density at radius 3 is 2.35 bits per heavy atom. The lowest BCUT2D eigenvalue weighted by Gasteiger charge is -2.09. The monoisotopic (exact) mass is 466 g/mol. The molecule has 5 aromatic rings. The Bertz CT molecular complexity index is 1550. The molecule has 7 heteroatoms.